The number of aryl methyl sites for hydroxylation is 1. The van der Waals surface area contributed by atoms with Gasteiger partial charge in [0.2, 0.25) is 5.16 Å². The molecule has 2 aliphatic heterocycles. The fourth-order valence-corrected chi connectivity index (χ4v) is 6.40. The van der Waals surface area contributed by atoms with Gasteiger partial charge in [-0.1, -0.05) is 16.9 Å². The fraction of sp³-hybridized carbons (Fsp3) is 0.421. The molecule has 1 fully saturated rings. The van der Waals surface area contributed by atoms with Crippen molar-refractivity contribution in [3.63, 3.8) is 0 Å². The van der Waals surface area contributed by atoms with E-state index in [1.807, 2.05) is 0 Å². The summed E-state index contributed by atoms with van der Waals surface area (Å²) in [6.07, 6.45) is 0.528. The van der Waals surface area contributed by atoms with Crippen LogP contribution in [0.25, 0.3) is 0 Å². The number of nitrogen functional groups attached to an aromatic ring is 2. The second-order valence-corrected chi connectivity index (χ2v) is 10.7. The largest absolute Gasteiger partial charge is 0.477 e. The van der Waals surface area contributed by atoms with Gasteiger partial charge in [0.25, 0.3) is 11.8 Å². The van der Waals surface area contributed by atoms with E-state index in [1.165, 1.54) is 33.1 Å². The first kappa shape index (κ1) is 26.7. The third kappa shape index (κ3) is 5.50. The quantitative estimate of drug-likeness (QED) is 0.0544. The van der Waals surface area contributed by atoms with Crippen LogP contribution in [-0.2, 0) is 19.2 Å². The molecule has 0 aliphatic carbocycles. The molecule has 0 radical (unpaired) electrons. The number of thioether (sulfide) groups is 2. The molecule has 18 heteroatoms. The standard InChI is InChI=1S/C19H24N10O5S3/c1-8-25-26-19(29(8)22)37-6-9-5-35-16-12(15(31)28(16)13(9)17(32)33)24-14(30)11(27-34-4-2-3-20)10-7-36-18(21)23-10/h7,12,16H,2-6,20,22H2,1H3,(H2,21,23)(H,24,30)(H,32,33)/b27-11+. The molecule has 198 valence electrons. The van der Waals surface area contributed by atoms with Crippen molar-refractivity contribution in [3.05, 3.63) is 28.2 Å². The Morgan fingerprint density at radius 3 is 2.81 bits per heavy atom. The Morgan fingerprint density at radius 1 is 1.41 bits per heavy atom. The Labute approximate surface area is 222 Å². The third-order valence-electron chi connectivity index (χ3n) is 5.32. The van der Waals surface area contributed by atoms with Gasteiger partial charge < -0.3 is 32.6 Å². The molecular weight excluding hydrogens is 544 g/mol. The van der Waals surface area contributed by atoms with E-state index >= 15 is 0 Å². The fourth-order valence-electron chi connectivity index (χ4n) is 3.46. The Bertz CT molecular complexity index is 1270. The Balaban J connectivity index is 1.48. The van der Waals surface area contributed by atoms with Crippen LogP contribution in [-0.4, -0.2) is 89.4 Å². The summed E-state index contributed by atoms with van der Waals surface area (Å²) in [5, 5.41) is 25.8. The number of carbonyl (C=O) groups is 3. The van der Waals surface area contributed by atoms with Gasteiger partial charge >= 0.3 is 5.97 Å². The number of amides is 2. The summed E-state index contributed by atoms with van der Waals surface area (Å²) < 4.78 is 1.31. The van der Waals surface area contributed by atoms with Gasteiger partial charge in [0.15, 0.2) is 10.8 Å². The minimum absolute atomic E-state index is 0.113. The van der Waals surface area contributed by atoms with Gasteiger partial charge in [0.05, 0.1) is 0 Å². The summed E-state index contributed by atoms with van der Waals surface area (Å²) in [6, 6.07) is -0.957. The predicted molar refractivity (Wildman–Crippen MR) is 138 cm³/mol. The van der Waals surface area contributed by atoms with Crippen molar-refractivity contribution in [2.45, 2.75) is 29.9 Å². The number of nitrogens with one attached hydrogen (secondary N) is 1. The average Bonchev–Trinajstić information content (AvgIpc) is 3.44. The second kappa shape index (κ2) is 11.4. The average molecular weight is 569 g/mol. The molecule has 4 rings (SSSR count). The summed E-state index contributed by atoms with van der Waals surface area (Å²) in [4.78, 5) is 48.6. The lowest BCUT2D eigenvalue weighted by molar-refractivity contribution is -0.150. The molecule has 2 atom stereocenters. The molecule has 4 heterocycles. The van der Waals surface area contributed by atoms with Crippen molar-refractivity contribution in [2.75, 3.05) is 36.2 Å². The molecule has 0 bridgehead atoms. The normalized spacial score (nSPS) is 19.5. The summed E-state index contributed by atoms with van der Waals surface area (Å²) in [5.74, 6) is 4.47. The van der Waals surface area contributed by atoms with Crippen molar-refractivity contribution < 1.29 is 24.3 Å². The first-order chi connectivity index (χ1) is 17.7. The van der Waals surface area contributed by atoms with Gasteiger partial charge in [-0.3, -0.25) is 14.5 Å². The van der Waals surface area contributed by atoms with E-state index in [0.717, 1.165) is 11.3 Å². The SMILES string of the molecule is Cc1nnc(SCC2=C(C(=O)O)N3C(=O)C(NC(=O)/C(=N/OCCCN)c4csc(N)n4)C3SC2)n1N. The highest BCUT2D eigenvalue weighted by molar-refractivity contribution is 8.01. The van der Waals surface area contributed by atoms with Crippen LogP contribution in [0.1, 0.15) is 17.9 Å². The maximum atomic E-state index is 13.1. The van der Waals surface area contributed by atoms with Crippen molar-refractivity contribution in [2.24, 2.45) is 10.9 Å². The lowest BCUT2D eigenvalue weighted by Gasteiger charge is -2.49. The number of anilines is 1. The maximum absolute atomic E-state index is 13.1. The second-order valence-electron chi connectivity index (χ2n) is 7.79. The zero-order valence-electron chi connectivity index (χ0n) is 19.5. The molecule has 2 aromatic rings. The molecule has 2 unspecified atom stereocenters. The first-order valence-electron chi connectivity index (χ1n) is 10.8. The van der Waals surface area contributed by atoms with E-state index in [0.29, 0.717) is 35.3 Å². The van der Waals surface area contributed by atoms with Crippen molar-refractivity contribution in [1.82, 2.24) is 30.1 Å². The van der Waals surface area contributed by atoms with Gasteiger partial charge in [0, 0.05) is 16.9 Å². The minimum Gasteiger partial charge on any atom is -0.477 e. The number of oxime groups is 1. The highest BCUT2D eigenvalue weighted by Crippen LogP contribution is 2.41. The lowest BCUT2D eigenvalue weighted by atomic mass is 10.0. The number of nitrogens with zero attached hydrogens (tertiary/aromatic N) is 6. The van der Waals surface area contributed by atoms with Crippen molar-refractivity contribution in [1.29, 1.82) is 0 Å². The number of thiazole rings is 1. The van der Waals surface area contributed by atoms with Gasteiger partial charge in [-0.15, -0.1) is 33.3 Å². The number of rotatable bonds is 11. The van der Waals surface area contributed by atoms with Gasteiger partial charge in [-0.25, -0.2) is 14.5 Å². The van der Waals surface area contributed by atoms with E-state index in [2.05, 4.69) is 25.7 Å². The number of nitrogens with two attached hydrogens (primary N) is 3. The van der Waals surface area contributed by atoms with Crippen LogP contribution in [0.15, 0.2) is 27.0 Å². The monoisotopic (exact) mass is 568 g/mol. The molecule has 2 aromatic heterocycles. The highest BCUT2D eigenvalue weighted by Gasteiger charge is 2.54. The zero-order chi connectivity index (χ0) is 26.7. The van der Waals surface area contributed by atoms with E-state index in [4.69, 9.17) is 22.1 Å². The Hall–Kier alpha value is -3.35. The van der Waals surface area contributed by atoms with E-state index in [1.54, 1.807) is 12.3 Å². The summed E-state index contributed by atoms with van der Waals surface area (Å²) in [7, 11) is 0. The Kier molecular flexibility index (Phi) is 8.20. The smallest absolute Gasteiger partial charge is 0.352 e. The van der Waals surface area contributed by atoms with Gasteiger partial charge in [-0.05, 0) is 25.5 Å². The minimum atomic E-state index is -1.24. The van der Waals surface area contributed by atoms with Crippen molar-refractivity contribution in [3.8, 4) is 0 Å². The third-order valence-corrected chi connectivity index (χ3v) is 8.36. The van der Waals surface area contributed by atoms with Crippen LogP contribution in [0.2, 0.25) is 0 Å². The van der Waals surface area contributed by atoms with E-state index in [9.17, 15) is 19.5 Å². The summed E-state index contributed by atoms with van der Waals surface area (Å²) in [5.41, 5.74) is 11.6. The van der Waals surface area contributed by atoms with Crippen LogP contribution >= 0.6 is 34.9 Å². The van der Waals surface area contributed by atoms with Gasteiger partial charge in [-0.2, -0.15) is 0 Å². The lowest BCUT2D eigenvalue weighted by Crippen LogP contribution is -2.71. The molecule has 2 aliphatic rings. The molecular formula is C19H24N10O5S3. The molecule has 37 heavy (non-hydrogen) atoms. The number of aromatic nitrogens is 4. The van der Waals surface area contributed by atoms with Crippen LogP contribution in [0.4, 0.5) is 5.13 Å². The molecule has 8 N–H and O–H groups in total. The maximum Gasteiger partial charge on any atom is 0.352 e. The van der Waals surface area contributed by atoms with Crippen molar-refractivity contribution >= 4 is 63.5 Å². The molecule has 2 amide bonds. The number of hydrogen-bond donors (Lipinski definition) is 5. The number of aliphatic carboxylic acids is 1. The number of carboxylic acids is 1. The van der Waals surface area contributed by atoms with Gasteiger partial charge in [0.1, 0.15) is 35.2 Å². The summed E-state index contributed by atoms with van der Waals surface area (Å²) in [6.45, 7) is 2.27. The first-order valence-corrected chi connectivity index (χ1v) is 13.8. The Morgan fingerprint density at radius 2 is 2.19 bits per heavy atom. The van der Waals surface area contributed by atoms with Crippen LogP contribution in [0.3, 0.4) is 0 Å². The number of carboxylic acid groups (broad SMARTS) is 1. The van der Waals surface area contributed by atoms with Crippen LogP contribution in [0.5, 0.6) is 0 Å². The van der Waals surface area contributed by atoms with E-state index < -0.39 is 29.2 Å². The number of carbonyl (C=O) groups excluding carboxylic acids is 2. The highest BCUT2D eigenvalue weighted by atomic mass is 32.2. The van der Waals surface area contributed by atoms with Crippen LogP contribution < -0.4 is 22.6 Å². The summed E-state index contributed by atoms with van der Waals surface area (Å²) >= 11 is 3.68. The molecule has 1 saturated heterocycles. The molecule has 15 nitrogen and oxygen atoms in total. The molecule has 0 spiro atoms. The topological polar surface area (TPSA) is 230 Å². The number of β-lactam (4-membered cyclic amide) rings is 1. The zero-order valence-corrected chi connectivity index (χ0v) is 21.9. The number of hydrogen-bond acceptors (Lipinski definition) is 14. The van der Waals surface area contributed by atoms with Crippen LogP contribution in [0, 0.1) is 6.92 Å². The number of fused-ring (bicyclic) bond motifs is 1. The molecule has 0 saturated carbocycles. The predicted octanol–water partition coefficient (Wildman–Crippen LogP) is -1.06. The van der Waals surface area contributed by atoms with E-state index in [-0.39, 0.29) is 34.6 Å². The molecule has 0 aromatic carbocycles.